The first-order valence-corrected chi connectivity index (χ1v) is 6.15. The van der Waals surface area contributed by atoms with Gasteiger partial charge in [-0.1, -0.05) is 12.7 Å². The number of fused-ring (bicyclic) bond motifs is 1. The first kappa shape index (κ1) is 14.5. The summed E-state index contributed by atoms with van der Waals surface area (Å²) in [5, 5.41) is 0.205. The van der Waals surface area contributed by atoms with Gasteiger partial charge in [-0.15, -0.1) is 11.3 Å². The lowest BCUT2D eigenvalue weighted by molar-refractivity contribution is -0.139. The van der Waals surface area contributed by atoms with E-state index < -0.39 is 23.5 Å². The molecule has 0 saturated heterocycles. The van der Waals surface area contributed by atoms with Gasteiger partial charge in [-0.25, -0.2) is 9.18 Å². The number of hydrogen-bond acceptors (Lipinski definition) is 3. The van der Waals surface area contributed by atoms with Crippen molar-refractivity contribution in [1.29, 1.82) is 0 Å². The Morgan fingerprint density at radius 3 is 2.55 bits per heavy atom. The molecule has 0 saturated carbocycles. The van der Waals surface area contributed by atoms with Crippen LogP contribution in [-0.4, -0.2) is 13.1 Å². The van der Waals surface area contributed by atoms with Crippen LogP contribution in [0, 0.1) is 5.82 Å². The lowest BCUT2D eigenvalue weighted by Crippen LogP contribution is -2.07. The molecular weight excluding hydrogens is 296 g/mol. The Kier molecular flexibility index (Phi) is 3.56. The third kappa shape index (κ3) is 2.29. The van der Waals surface area contributed by atoms with Gasteiger partial charge in [0.1, 0.15) is 10.7 Å². The number of benzene rings is 1. The average molecular weight is 304 g/mol. The summed E-state index contributed by atoms with van der Waals surface area (Å²) in [5.74, 6) is -2.09. The molecule has 0 amide bonds. The third-order valence-corrected chi connectivity index (χ3v) is 3.84. The number of carbonyl (C=O) groups is 1. The standard InChI is InChI=1S/C13H8F4O2S/c1-3-6-7-4-9(14)8(13(15,16)17)5-10(7)20-11(6)12(18)19-2/h3-5H,1H2,2H3. The highest BCUT2D eigenvalue weighted by molar-refractivity contribution is 7.21. The van der Waals surface area contributed by atoms with Crippen molar-refractivity contribution in [2.45, 2.75) is 6.18 Å². The normalized spacial score (nSPS) is 11.7. The molecule has 0 bridgehead atoms. The molecule has 2 nitrogen and oxygen atoms in total. The van der Waals surface area contributed by atoms with Crippen LogP contribution in [0.1, 0.15) is 20.8 Å². The van der Waals surface area contributed by atoms with Crippen molar-refractivity contribution >= 4 is 33.5 Å². The predicted octanol–water partition coefficient (Wildman–Crippen LogP) is 4.49. The molecule has 1 aromatic carbocycles. The number of ether oxygens (including phenoxy) is 1. The molecule has 1 aromatic heterocycles. The molecule has 0 aliphatic rings. The minimum atomic E-state index is -4.79. The van der Waals surface area contributed by atoms with Gasteiger partial charge in [0.05, 0.1) is 12.7 Å². The van der Waals surface area contributed by atoms with Crippen LogP contribution in [-0.2, 0) is 10.9 Å². The van der Waals surface area contributed by atoms with E-state index in [4.69, 9.17) is 0 Å². The SMILES string of the molecule is C=Cc1c(C(=O)OC)sc2cc(C(F)(F)F)c(F)cc12. The van der Waals surface area contributed by atoms with E-state index in [2.05, 4.69) is 11.3 Å². The topological polar surface area (TPSA) is 26.3 Å². The predicted molar refractivity (Wildman–Crippen MR) is 68.2 cm³/mol. The van der Waals surface area contributed by atoms with E-state index in [1.165, 1.54) is 6.08 Å². The molecule has 0 N–H and O–H groups in total. The van der Waals surface area contributed by atoms with Crippen molar-refractivity contribution < 1.29 is 27.1 Å². The average Bonchev–Trinajstić information content (AvgIpc) is 2.73. The number of methoxy groups -OCH3 is 1. The monoisotopic (exact) mass is 304 g/mol. The fourth-order valence-corrected chi connectivity index (χ4v) is 2.95. The molecule has 0 aliphatic heterocycles. The molecule has 0 spiro atoms. The molecule has 0 unspecified atom stereocenters. The number of alkyl halides is 3. The Hall–Kier alpha value is -1.89. The van der Waals surface area contributed by atoms with Crippen LogP contribution < -0.4 is 0 Å². The zero-order chi connectivity index (χ0) is 15.1. The van der Waals surface area contributed by atoms with Gasteiger partial charge in [0.15, 0.2) is 0 Å². The Labute approximate surface area is 115 Å². The Morgan fingerprint density at radius 2 is 2.05 bits per heavy atom. The van der Waals surface area contributed by atoms with Crippen LogP contribution in [0.5, 0.6) is 0 Å². The maximum absolute atomic E-state index is 13.6. The smallest absolute Gasteiger partial charge is 0.419 e. The number of thiophene rings is 1. The fraction of sp³-hybridized carbons (Fsp3) is 0.154. The summed E-state index contributed by atoms with van der Waals surface area (Å²) in [6, 6.07) is 1.45. The summed E-state index contributed by atoms with van der Waals surface area (Å²) in [7, 11) is 1.15. The van der Waals surface area contributed by atoms with E-state index in [9.17, 15) is 22.4 Å². The van der Waals surface area contributed by atoms with E-state index in [0.717, 1.165) is 24.5 Å². The number of carbonyl (C=O) groups excluding carboxylic acids is 1. The lowest BCUT2D eigenvalue weighted by Gasteiger charge is -2.07. The zero-order valence-electron chi connectivity index (χ0n) is 10.2. The molecule has 0 fully saturated rings. The van der Waals surface area contributed by atoms with E-state index in [1.807, 2.05) is 0 Å². The first-order chi connectivity index (χ1) is 9.29. The molecule has 0 aliphatic carbocycles. The molecule has 20 heavy (non-hydrogen) atoms. The van der Waals surface area contributed by atoms with E-state index >= 15 is 0 Å². The quantitative estimate of drug-likeness (QED) is 0.603. The highest BCUT2D eigenvalue weighted by Crippen LogP contribution is 2.39. The van der Waals surface area contributed by atoms with Crippen LogP contribution in [0.3, 0.4) is 0 Å². The van der Waals surface area contributed by atoms with Crippen molar-refractivity contribution in [2.75, 3.05) is 7.11 Å². The van der Waals surface area contributed by atoms with Crippen LogP contribution >= 0.6 is 11.3 Å². The Morgan fingerprint density at radius 1 is 1.40 bits per heavy atom. The molecule has 106 valence electrons. The Balaban J connectivity index is 2.78. The second-order valence-corrected chi connectivity index (χ2v) is 4.92. The molecule has 2 rings (SSSR count). The van der Waals surface area contributed by atoms with Crippen molar-refractivity contribution in [3.63, 3.8) is 0 Å². The largest absolute Gasteiger partial charge is 0.465 e. The van der Waals surface area contributed by atoms with E-state index in [1.54, 1.807) is 0 Å². The Bertz CT molecular complexity index is 700. The lowest BCUT2D eigenvalue weighted by atomic mass is 10.1. The minimum absolute atomic E-state index is 0.0937. The summed E-state index contributed by atoms with van der Waals surface area (Å²) in [5.41, 5.74) is -1.09. The maximum Gasteiger partial charge on any atom is 0.419 e. The summed E-state index contributed by atoms with van der Waals surface area (Å²) >= 11 is 0.808. The van der Waals surface area contributed by atoms with Crippen LogP contribution in [0.15, 0.2) is 18.7 Å². The molecule has 0 radical (unpaired) electrons. The van der Waals surface area contributed by atoms with Crippen LogP contribution in [0.4, 0.5) is 17.6 Å². The summed E-state index contributed by atoms with van der Waals surface area (Å²) in [6.45, 7) is 3.49. The van der Waals surface area contributed by atoms with E-state index in [0.29, 0.717) is 6.07 Å². The van der Waals surface area contributed by atoms with Crippen molar-refractivity contribution in [3.8, 4) is 0 Å². The van der Waals surface area contributed by atoms with Crippen molar-refractivity contribution in [1.82, 2.24) is 0 Å². The second kappa shape index (κ2) is 4.90. The second-order valence-electron chi connectivity index (χ2n) is 3.87. The maximum atomic E-state index is 13.6. The molecular formula is C13H8F4O2S. The van der Waals surface area contributed by atoms with Crippen molar-refractivity contribution in [2.24, 2.45) is 0 Å². The summed E-state index contributed by atoms with van der Waals surface area (Å²) in [6.07, 6.45) is -3.50. The highest BCUT2D eigenvalue weighted by atomic mass is 32.1. The number of rotatable bonds is 2. The van der Waals surface area contributed by atoms with Gasteiger partial charge in [0.2, 0.25) is 0 Å². The zero-order valence-corrected chi connectivity index (χ0v) is 11.0. The first-order valence-electron chi connectivity index (χ1n) is 5.33. The van der Waals surface area contributed by atoms with Gasteiger partial charge in [-0.05, 0) is 12.1 Å². The van der Waals surface area contributed by atoms with Crippen LogP contribution in [0.2, 0.25) is 0 Å². The fourth-order valence-electron chi connectivity index (χ4n) is 1.80. The van der Waals surface area contributed by atoms with Crippen LogP contribution in [0.25, 0.3) is 16.2 Å². The van der Waals surface area contributed by atoms with Gasteiger partial charge in [0.25, 0.3) is 0 Å². The molecule has 7 heteroatoms. The van der Waals surface area contributed by atoms with E-state index in [-0.39, 0.29) is 20.5 Å². The number of halogens is 4. The molecule has 2 aromatic rings. The van der Waals surface area contributed by atoms with Gasteiger partial charge in [-0.2, -0.15) is 13.2 Å². The van der Waals surface area contributed by atoms with Gasteiger partial charge in [-0.3, -0.25) is 0 Å². The van der Waals surface area contributed by atoms with Crippen molar-refractivity contribution in [3.05, 3.63) is 40.5 Å². The number of hydrogen-bond donors (Lipinski definition) is 0. The highest BCUT2D eigenvalue weighted by Gasteiger charge is 2.35. The molecule has 1 heterocycles. The van der Waals surface area contributed by atoms with Gasteiger partial charge < -0.3 is 4.74 Å². The summed E-state index contributed by atoms with van der Waals surface area (Å²) in [4.78, 5) is 11.6. The minimum Gasteiger partial charge on any atom is -0.465 e. The third-order valence-electron chi connectivity index (χ3n) is 2.70. The molecule has 0 atom stereocenters. The van der Waals surface area contributed by atoms with Gasteiger partial charge >= 0.3 is 12.1 Å². The summed E-state index contributed by atoms with van der Waals surface area (Å²) < 4.78 is 56.2. The number of esters is 1. The van der Waals surface area contributed by atoms with Gasteiger partial charge in [0, 0.05) is 15.6 Å².